The maximum atomic E-state index is 11.0. The van der Waals surface area contributed by atoms with Crippen molar-refractivity contribution in [3.8, 4) is 5.95 Å². The van der Waals surface area contributed by atoms with Crippen molar-refractivity contribution in [2.45, 2.75) is 6.42 Å². The van der Waals surface area contributed by atoms with Gasteiger partial charge in [-0.25, -0.2) is 19.4 Å². The van der Waals surface area contributed by atoms with E-state index in [9.17, 15) is 4.79 Å². The minimum absolute atomic E-state index is 0.0477. The summed E-state index contributed by atoms with van der Waals surface area (Å²) in [5.41, 5.74) is 0.360. The first-order valence-corrected chi connectivity index (χ1v) is 4.92. The van der Waals surface area contributed by atoms with E-state index in [0.717, 1.165) is 0 Å². The van der Waals surface area contributed by atoms with Gasteiger partial charge in [-0.05, 0) is 6.07 Å². The number of carboxylic acids is 1. The minimum atomic E-state index is -1.09. The molecule has 17 heavy (non-hydrogen) atoms. The van der Waals surface area contributed by atoms with Gasteiger partial charge < -0.3 is 10.2 Å². The van der Waals surface area contributed by atoms with E-state index in [-0.39, 0.29) is 18.6 Å². The highest BCUT2D eigenvalue weighted by Crippen LogP contribution is 2.10. The molecular formula is C10H10N4O3. The molecule has 2 aromatic heterocycles. The van der Waals surface area contributed by atoms with Crippen molar-refractivity contribution in [1.29, 1.82) is 0 Å². The lowest BCUT2D eigenvalue weighted by Gasteiger charge is -1.96. The van der Waals surface area contributed by atoms with E-state index < -0.39 is 5.97 Å². The third kappa shape index (κ3) is 2.28. The van der Waals surface area contributed by atoms with Gasteiger partial charge >= 0.3 is 5.97 Å². The van der Waals surface area contributed by atoms with Gasteiger partial charge in [0.05, 0.1) is 5.69 Å². The number of aliphatic hydroxyl groups excluding tert-OH is 1. The fourth-order valence-electron chi connectivity index (χ4n) is 1.39. The molecule has 0 amide bonds. The number of carbonyl (C=O) groups is 1. The maximum absolute atomic E-state index is 11.0. The molecule has 0 aromatic carbocycles. The monoisotopic (exact) mass is 234 g/mol. The summed E-state index contributed by atoms with van der Waals surface area (Å²) in [4.78, 5) is 18.9. The molecule has 2 heterocycles. The average Bonchev–Trinajstić information content (AvgIpc) is 2.75. The highest BCUT2D eigenvalue weighted by molar-refractivity contribution is 5.88. The molecule has 7 heteroatoms. The molecule has 88 valence electrons. The fraction of sp³-hybridized carbons (Fsp3) is 0.200. The smallest absolute Gasteiger partial charge is 0.339 e. The molecule has 0 atom stereocenters. The maximum Gasteiger partial charge on any atom is 0.339 e. The molecule has 0 saturated heterocycles. The zero-order valence-corrected chi connectivity index (χ0v) is 8.82. The van der Waals surface area contributed by atoms with E-state index in [2.05, 4.69) is 15.1 Å². The van der Waals surface area contributed by atoms with Gasteiger partial charge in [0.25, 0.3) is 0 Å². The zero-order valence-electron chi connectivity index (χ0n) is 8.82. The summed E-state index contributed by atoms with van der Waals surface area (Å²) in [6.07, 6.45) is 4.59. The Morgan fingerprint density at radius 2 is 2.06 bits per heavy atom. The summed E-state index contributed by atoms with van der Waals surface area (Å²) in [6.45, 7) is -0.160. The van der Waals surface area contributed by atoms with Crippen LogP contribution in [-0.2, 0) is 6.42 Å². The molecule has 7 nitrogen and oxygen atoms in total. The van der Waals surface area contributed by atoms with Crippen molar-refractivity contribution >= 4 is 5.97 Å². The Bertz CT molecular complexity index is 524. The van der Waals surface area contributed by atoms with E-state index in [1.54, 1.807) is 6.07 Å². The summed E-state index contributed by atoms with van der Waals surface area (Å²) in [5, 5.41) is 21.9. The van der Waals surface area contributed by atoms with E-state index in [1.807, 2.05) is 0 Å². The van der Waals surface area contributed by atoms with Gasteiger partial charge in [-0.15, -0.1) is 0 Å². The van der Waals surface area contributed by atoms with Crippen LogP contribution in [0.1, 0.15) is 16.1 Å². The van der Waals surface area contributed by atoms with Crippen molar-refractivity contribution in [2.75, 3.05) is 6.61 Å². The van der Waals surface area contributed by atoms with Crippen LogP contribution in [0.4, 0.5) is 0 Å². The second kappa shape index (κ2) is 4.71. The molecule has 0 bridgehead atoms. The van der Waals surface area contributed by atoms with Crippen molar-refractivity contribution in [2.24, 2.45) is 0 Å². The van der Waals surface area contributed by atoms with Gasteiger partial charge in [0, 0.05) is 31.6 Å². The molecule has 0 aliphatic heterocycles. The summed E-state index contributed by atoms with van der Waals surface area (Å²) >= 11 is 0. The highest BCUT2D eigenvalue weighted by Gasteiger charge is 2.16. The summed E-state index contributed by atoms with van der Waals surface area (Å²) in [5.74, 6) is -0.796. The lowest BCUT2D eigenvalue weighted by Crippen LogP contribution is -2.02. The van der Waals surface area contributed by atoms with Crippen molar-refractivity contribution in [3.05, 3.63) is 35.9 Å². The van der Waals surface area contributed by atoms with Gasteiger partial charge in [-0.2, -0.15) is 5.10 Å². The molecule has 0 aliphatic carbocycles. The molecule has 0 unspecified atom stereocenters. The van der Waals surface area contributed by atoms with E-state index >= 15 is 0 Å². The number of hydrogen-bond acceptors (Lipinski definition) is 5. The molecule has 0 spiro atoms. The standard InChI is InChI=1S/C10H10N4O3/c15-5-2-8-7(9(16)17)6-14(13-8)10-11-3-1-4-12-10/h1,3-4,6,15H,2,5H2,(H,16,17). The van der Waals surface area contributed by atoms with Crippen LogP contribution in [0.15, 0.2) is 24.7 Å². The Hall–Kier alpha value is -2.28. The van der Waals surface area contributed by atoms with Crippen LogP contribution in [-0.4, -0.2) is 42.5 Å². The molecule has 0 saturated carbocycles. The van der Waals surface area contributed by atoms with Crippen LogP contribution < -0.4 is 0 Å². The fourth-order valence-corrected chi connectivity index (χ4v) is 1.39. The van der Waals surface area contributed by atoms with Crippen LogP contribution >= 0.6 is 0 Å². The predicted octanol–water partition coefficient (Wildman–Crippen LogP) is -0.105. The Morgan fingerprint density at radius 1 is 1.35 bits per heavy atom. The number of aliphatic hydroxyl groups is 1. The lowest BCUT2D eigenvalue weighted by molar-refractivity contribution is 0.0695. The number of nitrogens with zero attached hydrogens (tertiary/aromatic N) is 4. The normalized spacial score (nSPS) is 10.4. The van der Waals surface area contributed by atoms with E-state index in [1.165, 1.54) is 23.3 Å². The summed E-state index contributed by atoms with van der Waals surface area (Å²) in [7, 11) is 0. The Kier molecular flexibility index (Phi) is 3.10. The predicted molar refractivity (Wildman–Crippen MR) is 56.9 cm³/mol. The van der Waals surface area contributed by atoms with Gasteiger partial charge in [0.15, 0.2) is 0 Å². The molecule has 0 radical (unpaired) electrons. The largest absolute Gasteiger partial charge is 0.478 e. The molecular weight excluding hydrogens is 224 g/mol. The van der Waals surface area contributed by atoms with Gasteiger partial charge in [-0.1, -0.05) is 0 Å². The third-order valence-electron chi connectivity index (χ3n) is 2.13. The number of hydrogen-bond donors (Lipinski definition) is 2. The minimum Gasteiger partial charge on any atom is -0.478 e. The molecule has 2 rings (SSSR count). The Morgan fingerprint density at radius 3 is 2.65 bits per heavy atom. The average molecular weight is 234 g/mol. The van der Waals surface area contributed by atoms with Crippen LogP contribution in [0.2, 0.25) is 0 Å². The summed E-state index contributed by atoms with van der Waals surface area (Å²) < 4.78 is 1.29. The first kappa shape index (κ1) is 11.2. The molecule has 0 aliphatic rings. The van der Waals surface area contributed by atoms with Gasteiger partial charge in [0.2, 0.25) is 5.95 Å². The van der Waals surface area contributed by atoms with Gasteiger partial charge in [-0.3, -0.25) is 0 Å². The topological polar surface area (TPSA) is 101 Å². The highest BCUT2D eigenvalue weighted by atomic mass is 16.4. The third-order valence-corrected chi connectivity index (χ3v) is 2.13. The van der Waals surface area contributed by atoms with E-state index in [0.29, 0.717) is 11.6 Å². The summed E-state index contributed by atoms with van der Waals surface area (Å²) in [6, 6.07) is 1.65. The first-order chi connectivity index (χ1) is 8.22. The van der Waals surface area contributed by atoms with Crippen LogP contribution in [0.3, 0.4) is 0 Å². The second-order valence-corrected chi connectivity index (χ2v) is 3.26. The number of rotatable bonds is 4. The quantitative estimate of drug-likeness (QED) is 0.765. The second-order valence-electron chi connectivity index (χ2n) is 3.26. The van der Waals surface area contributed by atoms with Crippen LogP contribution in [0.5, 0.6) is 0 Å². The number of carboxylic acid groups (broad SMARTS) is 1. The Labute approximate surface area is 96.4 Å². The van der Waals surface area contributed by atoms with Crippen molar-refractivity contribution in [3.63, 3.8) is 0 Å². The Balaban J connectivity index is 2.44. The molecule has 0 fully saturated rings. The van der Waals surface area contributed by atoms with Gasteiger partial charge in [0.1, 0.15) is 5.56 Å². The zero-order chi connectivity index (χ0) is 12.3. The van der Waals surface area contributed by atoms with Crippen molar-refractivity contribution < 1.29 is 15.0 Å². The first-order valence-electron chi connectivity index (χ1n) is 4.92. The SMILES string of the molecule is O=C(O)c1cn(-c2ncccn2)nc1CCO. The lowest BCUT2D eigenvalue weighted by atomic mass is 10.2. The molecule has 2 aromatic rings. The van der Waals surface area contributed by atoms with E-state index in [4.69, 9.17) is 10.2 Å². The number of aromatic nitrogens is 4. The number of aromatic carboxylic acids is 1. The van der Waals surface area contributed by atoms with Crippen LogP contribution in [0.25, 0.3) is 5.95 Å². The van der Waals surface area contributed by atoms with Crippen molar-refractivity contribution in [1.82, 2.24) is 19.7 Å². The van der Waals surface area contributed by atoms with Crippen LogP contribution in [0, 0.1) is 0 Å². The molecule has 2 N–H and O–H groups in total.